The number of hydrogen-bond donors (Lipinski definition) is 2. The van der Waals surface area contributed by atoms with Gasteiger partial charge in [0.1, 0.15) is 10.7 Å². The van der Waals surface area contributed by atoms with Crippen molar-refractivity contribution >= 4 is 27.4 Å². The van der Waals surface area contributed by atoms with Gasteiger partial charge < -0.3 is 10.2 Å². The van der Waals surface area contributed by atoms with Crippen LogP contribution in [0.4, 0.5) is 5.82 Å². The summed E-state index contributed by atoms with van der Waals surface area (Å²) in [6, 6.07) is 0. The van der Waals surface area contributed by atoms with Crippen molar-refractivity contribution < 1.29 is 4.74 Å². The Morgan fingerprint density at radius 3 is 2.90 bits per heavy atom. The van der Waals surface area contributed by atoms with Crippen LogP contribution in [0.3, 0.4) is 0 Å². The zero-order valence-electron chi connectivity index (χ0n) is 11.9. The number of nitrogen functional groups attached to an aromatic ring is 1. The molecule has 0 saturated carbocycles. The summed E-state index contributed by atoms with van der Waals surface area (Å²) in [5.41, 5.74) is 3.92. The number of nitrogens with two attached hydrogens (primary N) is 1. The maximum atomic E-state index is 5.77. The lowest BCUT2D eigenvalue weighted by molar-refractivity contribution is 0.0157. The zero-order chi connectivity index (χ0) is 14.1. The number of aromatic nitrogens is 2. The third-order valence-electron chi connectivity index (χ3n) is 3.90. The Morgan fingerprint density at radius 2 is 2.20 bits per heavy atom. The van der Waals surface area contributed by atoms with Gasteiger partial charge in [0.15, 0.2) is 5.82 Å². The summed E-state index contributed by atoms with van der Waals surface area (Å²) < 4.78 is 5.77. The quantitative estimate of drug-likeness (QED) is 0.672. The Labute approximate surface area is 122 Å². The van der Waals surface area contributed by atoms with Gasteiger partial charge in [-0.05, 0) is 38.7 Å². The van der Waals surface area contributed by atoms with Crippen LogP contribution in [0, 0.1) is 13.8 Å². The van der Waals surface area contributed by atoms with Crippen molar-refractivity contribution in [1.82, 2.24) is 9.97 Å². The summed E-state index contributed by atoms with van der Waals surface area (Å²) in [6.45, 7) is 5.04. The van der Waals surface area contributed by atoms with E-state index in [4.69, 9.17) is 15.6 Å². The minimum absolute atomic E-state index is 0.244. The first-order valence-corrected chi connectivity index (χ1v) is 7.85. The van der Waals surface area contributed by atoms with Gasteiger partial charge in [-0.15, -0.1) is 11.3 Å². The third-order valence-corrected chi connectivity index (χ3v) is 5.00. The number of ether oxygens (including phenoxy) is 1. The van der Waals surface area contributed by atoms with Crippen LogP contribution in [0.2, 0.25) is 0 Å². The van der Waals surface area contributed by atoms with Crippen molar-refractivity contribution in [1.29, 1.82) is 0 Å². The normalized spacial score (nSPS) is 19.4. The molecule has 3 rings (SSSR count). The summed E-state index contributed by atoms with van der Waals surface area (Å²) in [4.78, 5) is 11.5. The standard InChI is InChI=1S/C14H20N4OS/c1-8-9(2)20-14-12(8)13(18-15)16-11(17-14)7-10-5-3-4-6-19-10/h10H,3-7,15H2,1-2H3,(H,16,17,18). The van der Waals surface area contributed by atoms with Crippen LogP contribution in [-0.2, 0) is 11.2 Å². The predicted molar refractivity (Wildman–Crippen MR) is 82.0 cm³/mol. The molecule has 3 heterocycles. The maximum Gasteiger partial charge on any atom is 0.152 e. The highest BCUT2D eigenvalue weighted by molar-refractivity contribution is 7.18. The van der Waals surface area contributed by atoms with Gasteiger partial charge in [0.25, 0.3) is 0 Å². The molecule has 1 unspecified atom stereocenters. The van der Waals surface area contributed by atoms with E-state index < -0.39 is 0 Å². The van der Waals surface area contributed by atoms with Gasteiger partial charge in [0.2, 0.25) is 0 Å². The highest BCUT2D eigenvalue weighted by atomic mass is 32.1. The molecule has 1 atom stereocenters. The number of anilines is 1. The third kappa shape index (κ3) is 2.51. The number of fused-ring (bicyclic) bond motifs is 1. The summed E-state index contributed by atoms with van der Waals surface area (Å²) in [5, 5.41) is 1.04. The molecule has 1 aliphatic heterocycles. The average molecular weight is 292 g/mol. The fourth-order valence-electron chi connectivity index (χ4n) is 2.66. The van der Waals surface area contributed by atoms with E-state index in [-0.39, 0.29) is 6.10 Å². The smallest absolute Gasteiger partial charge is 0.152 e. The van der Waals surface area contributed by atoms with Gasteiger partial charge in [-0.25, -0.2) is 15.8 Å². The molecule has 1 aliphatic rings. The second kappa shape index (κ2) is 5.63. The molecule has 5 nitrogen and oxygen atoms in total. The van der Waals surface area contributed by atoms with Gasteiger partial charge in [-0.1, -0.05) is 0 Å². The molecule has 0 bridgehead atoms. The summed E-state index contributed by atoms with van der Waals surface area (Å²) in [7, 11) is 0. The van der Waals surface area contributed by atoms with Crippen molar-refractivity contribution in [2.75, 3.05) is 12.0 Å². The number of nitrogens with zero attached hydrogens (tertiary/aromatic N) is 2. The molecule has 0 radical (unpaired) electrons. The van der Waals surface area contributed by atoms with E-state index in [0.29, 0.717) is 0 Å². The van der Waals surface area contributed by atoms with E-state index in [1.165, 1.54) is 16.9 Å². The first-order valence-electron chi connectivity index (χ1n) is 7.04. The first-order chi connectivity index (χ1) is 9.69. The largest absolute Gasteiger partial charge is 0.378 e. The molecule has 0 amide bonds. The number of thiophene rings is 1. The SMILES string of the molecule is Cc1sc2nc(CC3CCCCO3)nc(NN)c2c1C. The Balaban J connectivity index is 1.95. The van der Waals surface area contributed by atoms with E-state index >= 15 is 0 Å². The Morgan fingerprint density at radius 1 is 1.35 bits per heavy atom. The molecule has 6 heteroatoms. The molecule has 0 aliphatic carbocycles. The van der Waals surface area contributed by atoms with E-state index in [9.17, 15) is 0 Å². The second-order valence-electron chi connectivity index (χ2n) is 5.29. The van der Waals surface area contributed by atoms with Crippen molar-refractivity contribution in [3.63, 3.8) is 0 Å². The molecule has 2 aromatic rings. The van der Waals surface area contributed by atoms with Gasteiger partial charge >= 0.3 is 0 Å². The monoisotopic (exact) mass is 292 g/mol. The molecule has 3 N–H and O–H groups in total. The highest BCUT2D eigenvalue weighted by Crippen LogP contribution is 2.33. The van der Waals surface area contributed by atoms with Gasteiger partial charge in [-0.3, -0.25) is 0 Å². The zero-order valence-corrected chi connectivity index (χ0v) is 12.7. The van der Waals surface area contributed by atoms with Crippen molar-refractivity contribution in [3.8, 4) is 0 Å². The Hall–Kier alpha value is -1.24. The van der Waals surface area contributed by atoms with Crippen LogP contribution in [0.5, 0.6) is 0 Å². The van der Waals surface area contributed by atoms with Crippen LogP contribution in [0.15, 0.2) is 0 Å². The maximum absolute atomic E-state index is 5.77. The van der Waals surface area contributed by atoms with Crippen molar-refractivity contribution in [3.05, 3.63) is 16.3 Å². The van der Waals surface area contributed by atoms with Crippen molar-refractivity contribution in [2.45, 2.75) is 45.6 Å². The molecule has 0 aromatic carbocycles. The van der Waals surface area contributed by atoms with E-state index in [0.717, 1.165) is 47.7 Å². The summed E-state index contributed by atoms with van der Waals surface area (Å²) in [5.74, 6) is 7.17. The number of rotatable bonds is 3. The lowest BCUT2D eigenvalue weighted by atomic mass is 10.1. The van der Waals surface area contributed by atoms with Crippen LogP contribution in [0.1, 0.15) is 35.5 Å². The van der Waals surface area contributed by atoms with E-state index in [1.54, 1.807) is 11.3 Å². The highest BCUT2D eigenvalue weighted by Gasteiger charge is 2.19. The van der Waals surface area contributed by atoms with Crippen LogP contribution in [0.25, 0.3) is 10.2 Å². The minimum Gasteiger partial charge on any atom is -0.378 e. The lowest BCUT2D eigenvalue weighted by Gasteiger charge is -2.21. The van der Waals surface area contributed by atoms with Crippen molar-refractivity contribution in [2.24, 2.45) is 5.84 Å². The Bertz CT molecular complexity index is 619. The Kier molecular flexibility index (Phi) is 3.87. The molecule has 1 saturated heterocycles. The fraction of sp³-hybridized carbons (Fsp3) is 0.571. The average Bonchev–Trinajstić information content (AvgIpc) is 2.74. The minimum atomic E-state index is 0.244. The summed E-state index contributed by atoms with van der Waals surface area (Å²) >= 11 is 1.70. The second-order valence-corrected chi connectivity index (χ2v) is 6.49. The van der Waals surface area contributed by atoms with Crippen LogP contribution >= 0.6 is 11.3 Å². The van der Waals surface area contributed by atoms with Crippen LogP contribution in [-0.4, -0.2) is 22.7 Å². The number of aryl methyl sites for hydroxylation is 2. The number of nitrogens with one attached hydrogen (secondary N) is 1. The molecule has 108 valence electrons. The van der Waals surface area contributed by atoms with E-state index in [2.05, 4.69) is 24.3 Å². The van der Waals surface area contributed by atoms with Gasteiger partial charge in [-0.2, -0.15) is 0 Å². The topological polar surface area (TPSA) is 73.1 Å². The first kappa shape index (κ1) is 13.7. The number of hydrogen-bond acceptors (Lipinski definition) is 6. The van der Waals surface area contributed by atoms with E-state index in [1.807, 2.05) is 0 Å². The lowest BCUT2D eigenvalue weighted by Crippen LogP contribution is -2.23. The summed E-state index contributed by atoms with van der Waals surface area (Å²) in [6.07, 6.45) is 4.49. The molecule has 2 aromatic heterocycles. The molecule has 1 fully saturated rings. The molecule has 0 spiro atoms. The molecule has 20 heavy (non-hydrogen) atoms. The predicted octanol–water partition coefficient (Wildman–Crippen LogP) is 2.71. The molecular formula is C14H20N4OS. The number of hydrazine groups is 1. The van der Waals surface area contributed by atoms with Crippen LogP contribution < -0.4 is 11.3 Å². The fourth-order valence-corrected chi connectivity index (χ4v) is 3.71. The van der Waals surface area contributed by atoms with Gasteiger partial charge in [0.05, 0.1) is 11.5 Å². The van der Waals surface area contributed by atoms with Gasteiger partial charge in [0, 0.05) is 17.9 Å². The molecular weight excluding hydrogens is 272 g/mol.